The van der Waals surface area contributed by atoms with Crippen molar-refractivity contribution in [2.24, 2.45) is 4.99 Å². The number of halogens is 1. The molecule has 2 N–H and O–H groups in total. The zero-order chi connectivity index (χ0) is 22.3. The second-order valence-electron chi connectivity index (χ2n) is 7.78. The van der Waals surface area contributed by atoms with E-state index in [1.165, 1.54) is 4.31 Å². The van der Waals surface area contributed by atoms with Gasteiger partial charge in [-0.1, -0.05) is 19.1 Å². The van der Waals surface area contributed by atoms with Crippen LogP contribution in [0.15, 0.2) is 34.2 Å². The predicted octanol–water partition coefficient (Wildman–Crippen LogP) is 2.40. The Morgan fingerprint density at radius 2 is 1.90 bits per heavy atom. The molecule has 1 aliphatic heterocycles. The molecule has 1 aromatic rings. The van der Waals surface area contributed by atoms with Gasteiger partial charge in [-0.05, 0) is 44.9 Å². The van der Waals surface area contributed by atoms with Crippen LogP contribution in [0.2, 0.25) is 0 Å². The fraction of sp³-hybridized carbons (Fsp3) is 0.619. The summed E-state index contributed by atoms with van der Waals surface area (Å²) >= 11 is 0. The predicted molar refractivity (Wildman–Crippen MR) is 135 cm³/mol. The van der Waals surface area contributed by atoms with E-state index in [1.807, 2.05) is 32.6 Å². The lowest BCUT2D eigenvalue weighted by atomic mass is 10.2. The Morgan fingerprint density at radius 1 is 1.26 bits per heavy atom. The first kappa shape index (κ1) is 27.6. The number of guanidine groups is 1. The van der Waals surface area contributed by atoms with E-state index in [9.17, 15) is 13.2 Å². The Kier molecular flexibility index (Phi) is 11.2. The van der Waals surface area contributed by atoms with Crippen LogP contribution < -0.4 is 10.6 Å². The standard InChI is InChI=1S/C21H35N5O3S.HI/c1-6-20(27)26-13-12-18(15-26)24-21(22-7-2)23-14-17-8-10-19(11-9-17)30(28,29)25(5)16(3)4;/h8-11,16,18H,6-7,12-15H2,1-5H3,(H2,22,23,24);1H. The molecule has 1 heterocycles. The molecule has 1 saturated heterocycles. The number of sulfonamides is 1. The summed E-state index contributed by atoms with van der Waals surface area (Å²) in [6.07, 6.45) is 1.42. The van der Waals surface area contributed by atoms with E-state index in [4.69, 9.17) is 0 Å². The first-order valence-corrected chi connectivity index (χ1v) is 12.0. The fourth-order valence-electron chi connectivity index (χ4n) is 3.22. The monoisotopic (exact) mass is 565 g/mol. The number of aliphatic imine (C=N–C) groups is 1. The van der Waals surface area contributed by atoms with Gasteiger partial charge in [-0.2, -0.15) is 4.31 Å². The SMILES string of the molecule is CCNC(=NCc1ccc(S(=O)(=O)N(C)C(C)C)cc1)NC1CCN(C(=O)CC)C1.I. The maximum absolute atomic E-state index is 12.6. The smallest absolute Gasteiger partial charge is 0.243 e. The van der Waals surface area contributed by atoms with E-state index < -0.39 is 10.0 Å². The van der Waals surface area contributed by atoms with Crippen molar-refractivity contribution < 1.29 is 13.2 Å². The van der Waals surface area contributed by atoms with Gasteiger partial charge in [-0.25, -0.2) is 13.4 Å². The Labute approximate surface area is 203 Å². The number of nitrogens with one attached hydrogen (secondary N) is 2. The minimum atomic E-state index is -3.48. The van der Waals surface area contributed by atoms with Crippen molar-refractivity contribution in [2.75, 3.05) is 26.7 Å². The molecule has 0 spiro atoms. The molecule has 0 saturated carbocycles. The minimum Gasteiger partial charge on any atom is -0.357 e. The lowest BCUT2D eigenvalue weighted by Crippen LogP contribution is -2.45. The number of rotatable bonds is 8. The zero-order valence-corrected chi connectivity index (χ0v) is 22.2. The molecule has 0 aliphatic carbocycles. The molecule has 176 valence electrons. The number of likely N-dealkylation sites (tertiary alicyclic amines) is 1. The van der Waals surface area contributed by atoms with Gasteiger partial charge < -0.3 is 15.5 Å². The van der Waals surface area contributed by atoms with E-state index in [0.29, 0.717) is 25.5 Å². The summed E-state index contributed by atoms with van der Waals surface area (Å²) in [6.45, 7) is 10.2. The van der Waals surface area contributed by atoms with E-state index >= 15 is 0 Å². The molecular weight excluding hydrogens is 529 g/mol. The second kappa shape index (κ2) is 12.6. The van der Waals surface area contributed by atoms with Gasteiger partial charge in [-0.3, -0.25) is 4.79 Å². The normalized spacial score (nSPS) is 17.1. The highest BCUT2D eigenvalue weighted by atomic mass is 127. The quantitative estimate of drug-likeness (QED) is 0.287. The topological polar surface area (TPSA) is 94.1 Å². The number of hydrogen-bond acceptors (Lipinski definition) is 4. The Balaban J connectivity index is 0.00000480. The Hall–Kier alpha value is -1.40. The number of carbonyl (C=O) groups excluding carboxylic acids is 1. The summed E-state index contributed by atoms with van der Waals surface area (Å²) in [5.74, 6) is 0.879. The van der Waals surface area contributed by atoms with E-state index in [2.05, 4.69) is 15.6 Å². The van der Waals surface area contributed by atoms with Crippen molar-refractivity contribution in [1.82, 2.24) is 19.8 Å². The first-order valence-electron chi connectivity index (χ1n) is 10.6. The summed E-state index contributed by atoms with van der Waals surface area (Å²) in [7, 11) is -1.90. The average molecular weight is 566 g/mol. The third kappa shape index (κ3) is 7.60. The van der Waals surface area contributed by atoms with Gasteiger partial charge in [0.2, 0.25) is 15.9 Å². The van der Waals surface area contributed by atoms with E-state index in [0.717, 1.165) is 25.1 Å². The largest absolute Gasteiger partial charge is 0.357 e. The van der Waals surface area contributed by atoms with Crippen LogP contribution in [-0.4, -0.2) is 68.3 Å². The first-order chi connectivity index (χ1) is 14.2. The highest BCUT2D eigenvalue weighted by molar-refractivity contribution is 14.0. The third-order valence-corrected chi connectivity index (χ3v) is 7.32. The molecule has 8 nitrogen and oxygen atoms in total. The van der Waals surface area contributed by atoms with Gasteiger partial charge in [0.25, 0.3) is 0 Å². The number of benzene rings is 1. The van der Waals surface area contributed by atoms with Gasteiger partial charge >= 0.3 is 0 Å². The van der Waals surface area contributed by atoms with Crippen LogP contribution in [0.5, 0.6) is 0 Å². The van der Waals surface area contributed by atoms with Crippen molar-refractivity contribution in [2.45, 2.75) is 64.1 Å². The summed E-state index contributed by atoms with van der Waals surface area (Å²) in [5.41, 5.74) is 0.924. The Morgan fingerprint density at radius 3 is 2.45 bits per heavy atom. The van der Waals surface area contributed by atoms with Crippen LogP contribution in [0.3, 0.4) is 0 Å². The molecule has 0 radical (unpaired) electrons. The van der Waals surface area contributed by atoms with Gasteiger partial charge in [0, 0.05) is 45.2 Å². The van der Waals surface area contributed by atoms with Crippen LogP contribution in [0.1, 0.15) is 46.1 Å². The van der Waals surface area contributed by atoms with Crippen LogP contribution in [0.4, 0.5) is 0 Å². The highest BCUT2D eigenvalue weighted by Crippen LogP contribution is 2.17. The molecule has 1 aliphatic rings. The summed E-state index contributed by atoms with van der Waals surface area (Å²) in [6, 6.07) is 6.93. The molecule has 1 fully saturated rings. The molecule has 10 heteroatoms. The molecule has 2 rings (SSSR count). The van der Waals surface area contributed by atoms with Crippen LogP contribution >= 0.6 is 24.0 Å². The van der Waals surface area contributed by atoms with Crippen LogP contribution in [0, 0.1) is 0 Å². The summed E-state index contributed by atoms with van der Waals surface area (Å²) in [4.78, 5) is 18.7. The molecule has 1 unspecified atom stereocenters. The Bertz CT molecular complexity index is 843. The van der Waals surface area contributed by atoms with Crippen molar-refractivity contribution >= 4 is 45.9 Å². The molecular formula is C21H36IN5O3S. The lowest BCUT2D eigenvalue weighted by molar-refractivity contribution is -0.129. The fourth-order valence-corrected chi connectivity index (χ4v) is 4.59. The maximum Gasteiger partial charge on any atom is 0.243 e. The van der Waals surface area contributed by atoms with Crippen molar-refractivity contribution in [1.29, 1.82) is 0 Å². The molecule has 1 amide bonds. The maximum atomic E-state index is 12.6. The lowest BCUT2D eigenvalue weighted by Gasteiger charge is -2.21. The zero-order valence-electron chi connectivity index (χ0n) is 19.1. The number of carbonyl (C=O) groups is 1. The van der Waals surface area contributed by atoms with Crippen LogP contribution in [-0.2, 0) is 21.4 Å². The summed E-state index contributed by atoms with van der Waals surface area (Å²) in [5, 5.41) is 6.64. The van der Waals surface area contributed by atoms with Crippen molar-refractivity contribution in [3.05, 3.63) is 29.8 Å². The van der Waals surface area contributed by atoms with E-state index in [-0.39, 0.29) is 46.9 Å². The summed E-state index contributed by atoms with van der Waals surface area (Å²) < 4.78 is 26.5. The van der Waals surface area contributed by atoms with Crippen molar-refractivity contribution in [3.63, 3.8) is 0 Å². The minimum absolute atomic E-state index is 0. The molecule has 1 atom stereocenters. The van der Waals surface area contributed by atoms with Crippen molar-refractivity contribution in [3.8, 4) is 0 Å². The van der Waals surface area contributed by atoms with Crippen LogP contribution in [0.25, 0.3) is 0 Å². The van der Waals surface area contributed by atoms with Gasteiger partial charge in [0.1, 0.15) is 0 Å². The molecule has 0 aromatic heterocycles. The molecule has 31 heavy (non-hydrogen) atoms. The second-order valence-corrected chi connectivity index (χ2v) is 9.77. The van der Waals surface area contributed by atoms with Gasteiger partial charge in [0.05, 0.1) is 11.4 Å². The highest BCUT2D eigenvalue weighted by Gasteiger charge is 2.26. The number of amides is 1. The average Bonchev–Trinajstić information content (AvgIpc) is 3.19. The number of hydrogen-bond donors (Lipinski definition) is 2. The third-order valence-electron chi connectivity index (χ3n) is 5.28. The van der Waals surface area contributed by atoms with E-state index in [1.54, 1.807) is 31.3 Å². The molecule has 1 aromatic carbocycles. The molecule has 0 bridgehead atoms. The van der Waals surface area contributed by atoms with Gasteiger partial charge in [-0.15, -0.1) is 24.0 Å². The van der Waals surface area contributed by atoms with Gasteiger partial charge in [0.15, 0.2) is 5.96 Å². The number of nitrogens with zero attached hydrogens (tertiary/aromatic N) is 3.